The number of carbonyl (C=O) groups is 1. The van der Waals surface area contributed by atoms with Crippen molar-refractivity contribution in [2.45, 2.75) is 17.8 Å². The van der Waals surface area contributed by atoms with Crippen molar-refractivity contribution in [3.63, 3.8) is 0 Å². The first kappa shape index (κ1) is 12.7. The third kappa shape index (κ3) is 3.93. The van der Waals surface area contributed by atoms with Crippen molar-refractivity contribution in [1.82, 2.24) is 5.32 Å². The molecule has 0 aromatic carbocycles. The second-order valence-electron chi connectivity index (χ2n) is 3.14. The number of rotatable bonds is 5. The van der Waals surface area contributed by atoms with Crippen molar-refractivity contribution in [2.24, 2.45) is 0 Å². The van der Waals surface area contributed by atoms with E-state index in [0.29, 0.717) is 6.54 Å². The Morgan fingerprint density at radius 2 is 2.47 bits per heavy atom. The second kappa shape index (κ2) is 6.25. The number of thiophene rings is 1. The number of carbonyl (C=O) groups excluding carboxylic acids is 1. The quantitative estimate of drug-likeness (QED) is 0.668. The largest absolute Gasteiger partial charge is 0.468 e. The Bertz CT molecular complexity index is 302. The van der Waals surface area contributed by atoms with Crippen molar-refractivity contribution in [1.29, 1.82) is 0 Å². The molecule has 2 unspecified atom stereocenters. The molecule has 0 aliphatic rings. The van der Waals surface area contributed by atoms with Gasteiger partial charge in [-0.25, -0.2) is 0 Å². The maximum Gasteiger partial charge on any atom is 0.320 e. The van der Waals surface area contributed by atoms with Crippen LogP contribution in [0.25, 0.3) is 0 Å². The van der Waals surface area contributed by atoms with Crippen LogP contribution in [0.2, 0.25) is 0 Å². The number of nitrogens with one attached hydrogen (secondary N) is 1. The zero-order valence-electron chi connectivity index (χ0n) is 8.70. The van der Waals surface area contributed by atoms with Gasteiger partial charge in [0.05, 0.1) is 7.11 Å². The predicted molar refractivity (Wildman–Crippen MR) is 65.5 cm³/mol. The lowest BCUT2D eigenvalue weighted by Gasteiger charge is -2.14. The van der Waals surface area contributed by atoms with Gasteiger partial charge in [0.2, 0.25) is 0 Å². The highest BCUT2D eigenvalue weighted by atomic mass is 79.9. The first-order valence-electron chi connectivity index (χ1n) is 4.64. The van der Waals surface area contributed by atoms with E-state index in [2.05, 4.69) is 39.0 Å². The minimum atomic E-state index is -0.287. The first-order chi connectivity index (χ1) is 7.15. The van der Waals surface area contributed by atoms with E-state index >= 15 is 0 Å². The van der Waals surface area contributed by atoms with Crippen LogP contribution in [0.4, 0.5) is 0 Å². The average molecular weight is 292 g/mol. The van der Waals surface area contributed by atoms with Crippen LogP contribution in [0.15, 0.2) is 17.5 Å². The van der Waals surface area contributed by atoms with Gasteiger partial charge in [0, 0.05) is 17.5 Å². The topological polar surface area (TPSA) is 38.3 Å². The van der Waals surface area contributed by atoms with Crippen LogP contribution in [0.1, 0.15) is 17.8 Å². The summed E-state index contributed by atoms with van der Waals surface area (Å²) in [5.74, 6) is -0.249. The molecular weight excluding hydrogens is 278 g/mol. The Balaban J connectivity index is 2.34. The summed E-state index contributed by atoms with van der Waals surface area (Å²) in [5, 5.41) is 5.30. The summed E-state index contributed by atoms with van der Waals surface area (Å²) < 4.78 is 4.61. The van der Waals surface area contributed by atoms with Crippen LogP contribution in [0, 0.1) is 0 Å². The molecule has 0 radical (unpaired) electrons. The zero-order valence-corrected chi connectivity index (χ0v) is 11.1. The summed E-state index contributed by atoms with van der Waals surface area (Å²) in [6.07, 6.45) is 0. The number of alkyl halides is 1. The lowest BCUT2D eigenvalue weighted by molar-refractivity contribution is -0.139. The van der Waals surface area contributed by atoms with Gasteiger partial charge in [-0.3, -0.25) is 4.79 Å². The van der Waals surface area contributed by atoms with E-state index in [0.717, 1.165) is 0 Å². The van der Waals surface area contributed by atoms with Gasteiger partial charge in [-0.1, -0.05) is 22.0 Å². The molecule has 0 aliphatic heterocycles. The van der Waals surface area contributed by atoms with Crippen LogP contribution in [0.5, 0.6) is 0 Å². The predicted octanol–water partition coefficient (Wildman–Crippen LogP) is 2.34. The number of hydrogen-bond donors (Lipinski definition) is 1. The van der Waals surface area contributed by atoms with E-state index in [9.17, 15) is 4.79 Å². The van der Waals surface area contributed by atoms with E-state index in [-0.39, 0.29) is 16.8 Å². The molecule has 0 spiro atoms. The molecule has 0 saturated heterocycles. The Kier molecular flexibility index (Phi) is 5.28. The number of methoxy groups -OCH3 is 1. The van der Waals surface area contributed by atoms with E-state index in [1.54, 1.807) is 11.3 Å². The van der Waals surface area contributed by atoms with Crippen LogP contribution in [-0.4, -0.2) is 24.5 Å². The normalized spacial score (nSPS) is 14.6. The molecule has 1 N–H and O–H groups in total. The molecule has 5 heteroatoms. The molecule has 2 atom stereocenters. The molecule has 84 valence electrons. The molecule has 0 aliphatic carbocycles. The van der Waals surface area contributed by atoms with Crippen molar-refractivity contribution in [3.05, 3.63) is 22.4 Å². The Morgan fingerprint density at radius 3 is 3.00 bits per heavy atom. The number of hydrogen-bond acceptors (Lipinski definition) is 4. The Hall–Kier alpha value is -0.390. The molecule has 1 aromatic rings. The summed E-state index contributed by atoms with van der Waals surface area (Å²) >= 11 is 4.96. The first-order valence-corrected chi connectivity index (χ1v) is 6.43. The van der Waals surface area contributed by atoms with Gasteiger partial charge in [-0.05, 0) is 18.4 Å². The lowest BCUT2D eigenvalue weighted by atomic mass is 10.2. The third-order valence-electron chi connectivity index (χ3n) is 2.03. The van der Waals surface area contributed by atoms with Crippen molar-refractivity contribution in [2.75, 3.05) is 13.7 Å². The fraction of sp³-hybridized carbons (Fsp3) is 0.500. The van der Waals surface area contributed by atoms with E-state index < -0.39 is 0 Å². The molecule has 1 rings (SSSR count). The van der Waals surface area contributed by atoms with Gasteiger partial charge in [0.1, 0.15) is 4.83 Å². The molecule has 15 heavy (non-hydrogen) atoms. The fourth-order valence-corrected chi connectivity index (χ4v) is 2.26. The highest BCUT2D eigenvalue weighted by Crippen LogP contribution is 2.18. The molecular formula is C10H14BrNO2S. The van der Waals surface area contributed by atoms with Gasteiger partial charge < -0.3 is 10.1 Å². The number of esters is 1. The lowest BCUT2D eigenvalue weighted by Crippen LogP contribution is -2.31. The van der Waals surface area contributed by atoms with Gasteiger partial charge in [-0.15, -0.1) is 11.3 Å². The SMILES string of the molecule is COC(=O)C(Br)CNC(C)c1cccs1. The van der Waals surface area contributed by atoms with Crippen molar-refractivity contribution in [3.8, 4) is 0 Å². The summed E-state index contributed by atoms with van der Waals surface area (Å²) in [6.45, 7) is 2.63. The molecule has 0 bridgehead atoms. The summed E-state index contributed by atoms with van der Waals surface area (Å²) in [6, 6.07) is 4.35. The van der Waals surface area contributed by atoms with E-state index in [4.69, 9.17) is 0 Å². The molecule has 0 fully saturated rings. The number of ether oxygens (including phenoxy) is 1. The third-order valence-corrected chi connectivity index (χ3v) is 3.78. The van der Waals surface area contributed by atoms with Crippen LogP contribution in [-0.2, 0) is 9.53 Å². The average Bonchev–Trinajstić information content (AvgIpc) is 2.77. The van der Waals surface area contributed by atoms with Gasteiger partial charge in [0.15, 0.2) is 0 Å². The molecule has 1 heterocycles. The van der Waals surface area contributed by atoms with Crippen molar-refractivity contribution < 1.29 is 9.53 Å². The van der Waals surface area contributed by atoms with Crippen LogP contribution < -0.4 is 5.32 Å². The highest BCUT2D eigenvalue weighted by molar-refractivity contribution is 9.10. The van der Waals surface area contributed by atoms with Crippen molar-refractivity contribution >= 4 is 33.2 Å². The minimum absolute atomic E-state index is 0.249. The monoisotopic (exact) mass is 291 g/mol. The summed E-state index contributed by atoms with van der Waals surface area (Å²) in [4.78, 5) is 12.1. The van der Waals surface area contributed by atoms with Crippen LogP contribution >= 0.6 is 27.3 Å². The Labute approximate surface area is 102 Å². The maximum absolute atomic E-state index is 11.1. The summed E-state index contributed by atoms with van der Waals surface area (Å²) in [5.41, 5.74) is 0. The van der Waals surface area contributed by atoms with Gasteiger partial charge in [0.25, 0.3) is 0 Å². The van der Waals surface area contributed by atoms with Gasteiger partial charge in [-0.2, -0.15) is 0 Å². The van der Waals surface area contributed by atoms with E-state index in [1.807, 2.05) is 11.4 Å². The zero-order chi connectivity index (χ0) is 11.3. The minimum Gasteiger partial charge on any atom is -0.468 e. The number of halogens is 1. The fourth-order valence-electron chi connectivity index (χ4n) is 1.13. The molecule has 1 aromatic heterocycles. The maximum atomic E-state index is 11.1. The standard InChI is InChI=1S/C10H14BrNO2S/c1-7(9-4-3-5-15-9)12-6-8(11)10(13)14-2/h3-5,7-8,12H,6H2,1-2H3. The molecule has 0 amide bonds. The second-order valence-corrected chi connectivity index (χ2v) is 5.22. The molecule has 0 saturated carbocycles. The smallest absolute Gasteiger partial charge is 0.320 e. The highest BCUT2D eigenvalue weighted by Gasteiger charge is 2.16. The molecule has 3 nitrogen and oxygen atoms in total. The summed E-state index contributed by atoms with van der Waals surface area (Å²) in [7, 11) is 1.39. The Morgan fingerprint density at radius 1 is 1.73 bits per heavy atom. The van der Waals surface area contributed by atoms with Crippen LogP contribution in [0.3, 0.4) is 0 Å². The van der Waals surface area contributed by atoms with Gasteiger partial charge >= 0.3 is 5.97 Å². The van der Waals surface area contributed by atoms with E-state index in [1.165, 1.54) is 12.0 Å².